The lowest BCUT2D eigenvalue weighted by Crippen LogP contribution is -2.32. The molecular weight excluding hydrogens is 198 g/mol. The fraction of sp³-hybridized carbons (Fsp3) is 0.625. The average molecular weight is 213 g/mol. The summed E-state index contributed by atoms with van der Waals surface area (Å²) in [6.45, 7) is 3.76. The maximum absolute atomic E-state index is 11.2. The van der Waals surface area contributed by atoms with Crippen LogP contribution in [0.25, 0.3) is 0 Å². The molecule has 2 atom stereocenters. The molecule has 0 aliphatic heterocycles. The Bertz CT molecular complexity index is 422. The van der Waals surface area contributed by atoms with Crippen LogP contribution in [0.5, 0.6) is 0 Å². The molecule has 84 valence electrons. The van der Waals surface area contributed by atoms with Crippen LogP contribution >= 0.6 is 0 Å². The second kappa shape index (κ2) is 4.74. The normalized spacial score (nSPS) is 14.6. The summed E-state index contributed by atoms with van der Waals surface area (Å²) in [5, 5.41) is 8.60. The van der Waals surface area contributed by atoms with Crippen LogP contribution in [0.1, 0.15) is 20.3 Å². The number of anilines is 1. The van der Waals surface area contributed by atoms with E-state index in [4.69, 9.17) is 5.73 Å². The number of hydrogen-bond donors (Lipinski definition) is 4. The summed E-state index contributed by atoms with van der Waals surface area (Å²) in [5.74, 6) is 0.0998. The molecule has 1 heterocycles. The van der Waals surface area contributed by atoms with Gasteiger partial charge in [0.1, 0.15) is 0 Å². The summed E-state index contributed by atoms with van der Waals surface area (Å²) in [7, 11) is 0. The molecule has 0 aliphatic carbocycles. The molecule has 1 rings (SSSR count). The van der Waals surface area contributed by atoms with Gasteiger partial charge in [-0.2, -0.15) is 0 Å². The lowest BCUT2D eigenvalue weighted by Gasteiger charge is -2.15. The summed E-state index contributed by atoms with van der Waals surface area (Å²) < 4.78 is 0. The van der Waals surface area contributed by atoms with Gasteiger partial charge in [0.15, 0.2) is 0 Å². The van der Waals surface area contributed by atoms with Gasteiger partial charge in [0.05, 0.1) is 0 Å². The molecule has 0 radical (unpaired) electrons. The first-order valence-corrected chi connectivity index (χ1v) is 4.70. The number of nitrogens with zero attached hydrogens (tertiary/aromatic N) is 1. The van der Waals surface area contributed by atoms with Gasteiger partial charge in [-0.3, -0.25) is 9.78 Å². The van der Waals surface area contributed by atoms with Crippen LogP contribution < -0.4 is 22.3 Å². The van der Waals surface area contributed by atoms with Crippen molar-refractivity contribution >= 4 is 5.82 Å². The van der Waals surface area contributed by atoms with Crippen molar-refractivity contribution < 1.29 is 0 Å². The van der Waals surface area contributed by atoms with Gasteiger partial charge in [0, 0.05) is 12.1 Å². The fourth-order valence-corrected chi connectivity index (χ4v) is 1.30. The predicted octanol–water partition coefficient (Wildman–Crippen LogP) is -1.00. The van der Waals surface area contributed by atoms with E-state index in [0.29, 0.717) is 6.42 Å². The summed E-state index contributed by atoms with van der Waals surface area (Å²) in [4.78, 5) is 24.0. The molecule has 0 spiro atoms. The van der Waals surface area contributed by atoms with Gasteiger partial charge in [-0.05, 0) is 20.3 Å². The van der Waals surface area contributed by atoms with Gasteiger partial charge in [0.2, 0.25) is 5.82 Å². The van der Waals surface area contributed by atoms with Crippen molar-refractivity contribution in [1.29, 1.82) is 0 Å². The van der Waals surface area contributed by atoms with E-state index in [-0.39, 0.29) is 17.9 Å². The zero-order valence-corrected chi connectivity index (χ0v) is 8.70. The molecule has 7 heteroatoms. The number of H-pyrrole nitrogens is 2. The van der Waals surface area contributed by atoms with E-state index >= 15 is 0 Å². The zero-order valence-electron chi connectivity index (χ0n) is 8.70. The maximum atomic E-state index is 11.2. The molecule has 0 fully saturated rings. The largest absolute Gasteiger partial charge is 0.362 e. The number of hydrogen-bond acceptors (Lipinski definition) is 5. The smallest absolute Gasteiger partial charge is 0.342 e. The van der Waals surface area contributed by atoms with E-state index in [9.17, 15) is 9.59 Å². The van der Waals surface area contributed by atoms with Crippen LogP contribution in [0.15, 0.2) is 9.59 Å². The lowest BCUT2D eigenvalue weighted by molar-refractivity contribution is 0.601. The van der Waals surface area contributed by atoms with Crippen LogP contribution in [0.3, 0.4) is 0 Å². The first kappa shape index (κ1) is 11.4. The van der Waals surface area contributed by atoms with E-state index in [2.05, 4.69) is 20.5 Å². The van der Waals surface area contributed by atoms with Gasteiger partial charge in [-0.1, -0.05) is 0 Å². The number of aromatic amines is 2. The summed E-state index contributed by atoms with van der Waals surface area (Å²) in [5.41, 5.74) is 4.45. The molecule has 15 heavy (non-hydrogen) atoms. The van der Waals surface area contributed by atoms with Crippen molar-refractivity contribution in [3.8, 4) is 0 Å². The Kier molecular flexibility index (Phi) is 3.62. The van der Waals surface area contributed by atoms with Crippen LogP contribution in [0.4, 0.5) is 5.82 Å². The van der Waals surface area contributed by atoms with E-state index in [1.165, 1.54) is 0 Å². The molecule has 7 nitrogen and oxygen atoms in total. The molecule has 0 saturated carbocycles. The van der Waals surface area contributed by atoms with E-state index in [1.54, 1.807) is 0 Å². The van der Waals surface area contributed by atoms with Gasteiger partial charge < -0.3 is 11.1 Å². The standard InChI is InChI=1S/C8H15N5O2/c1-4(9)3-5(2)10-6-7(14)11-8(15)13-12-6/h4-5H,3,9H2,1-2H3,(H,10,12)(H2,11,13,14,15). The van der Waals surface area contributed by atoms with Gasteiger partial charge in [-0.25, -0.2) is 9.89 Å². The highest BCUT2D eigenvalue weighted by atomic mass is 16.2. The lowest BCUT2D eigenvalue weighted by atomic mass is 10.1. The Morgan fingerprint density at radius 2 is 2.13 bits per heavy atom. The monoisotopic (exact) mass is 213 g/mol. The minimum atomic E-state index is -0.620. The number of nitrogens with one attached hydrogen (secondary N) is 3. The number of aromatic nitrogens is 3. The average Bonchev–Trinajstić information content (AvgIpc) is 2.08. The molecule has 0 amide bonds. The Hall–Kier alpha value is -1.63. The topological polar surface area (TPSA) is 117 Å². The van der Waals surface area contributed by atoms with E-state index in [1.807, 2.05) is 13.8 Å². The Morgan fingerprint density at radius 3 is 2.67 bits per heavy atom. The van der Waals surface area contributed by atoms with Gasteiger partial charge >= 0.3 is 5.69 Å². The molecule has 0 aliphatic rings. The molecule has 1 aromatic rings. The van der Waals surface area contributed by atoms with E-state index in [0.717, 1.165) is 0 Å². The number of rotatable bonds is 4. The van der Waals surface area contributed by atoms with Crippen LogP contribution in [0.2, 0.25) is 0 Å². The third-order valence-corrected chi connectivity index (χ3v) is 1.82. The van der Waals surface area contributed by atoms with E-state index < -0.39 is 11.2 Å². The summed E-state index contributed by atoms with van der Waals surface area (Å²) in [6, 6.07) is 0.0545. The second-order valence-corrected chi connectivity index (χ2v) is 3.61. The first-order valence-electron chi connectivity index (χ1n) is 4.70. The first-order chi connectivity index (χ1) is 6.99. The van der Waals surface area contributed by atoms with Crippen molar-refractivity contribution in [2.45, 2.75) is 32.4 Å². The molecule has 5 N–H and O–H groups in total. The van der Waals surface area contributed by atoms with Crippen LogP contribution in [-0.2, 0) is 0 Å². The highest BCUT2D eigenvalue weighted by Gasteiger charge is 2.08. The van der Waals surface area contributed by atoms with Crippen LogP contribution in [0, 0.1) is 0 Å². The SMILES string of the molecule is CC(N)CC(C)Nc1n[nH]c(=O)[nH]c1=O. The maximum Gasteiger partial charge on any atom is 0.342 e. The van der Waals surface area contributed by atoms with Crippen molar-refractivity contribution in [2.24, 2.45) is 5.73 Å². The minimum Gasteiger partial charge on any atom is -0.362 e. The quantitative estimate of drug-likeness (QED) is 0.511. The highest BCUT2D eigenvalue weighted by molar-refractivity contribution is 5.29. The van der Waals surface area contributed by atoms with Gasteiger partial charge in [0.25, 0.3) is 5.56 Å². The summed E-state index contributed by atoms with van der Waals surface area (Å²) >= 11 is 0. The van der Waals surface area contributed by atoms with Crippen molar-refractivity contribution in [3.63, 3.8) is 0 Å². The summed E-state index contributed by atoms with van der Waals surface area (Å²) in [6.07, 6.45) is 0.709. The molecule has 1 aromatic heterocycles. The van der Waals surface area contributed by atoms with Crippen molar-refractivity contribution in [3.05, 3.63) is 20.8 Å². The van der Waals surface area contributed by atoms with Crippen molar-refractivity contribution in [1.82, 2.24) is 15.2 Å². The molecule has 0 saturated heterocycles. The zero-order chi connectivity index (χ0) is 11.4. The Morgan fingerprint density at radius 1 is 1.47 bits per heavy atom. The van der Waals surface area contributed by atoms with Gasteiger partial charge in [-0.15, -0.1) is 5.10 Å². The van der Waals surface area contributed by atoms with Crippen LogP contribution in [-0.4, -0.2) is 27.3 Å². The third kappa shape index (κ3) is 3.55. The second-order valence-electron chi connectivity index (χ2n) is 3.61. The molecular formula is C8H15N5O2. The highest BCUT2D eigenvalue weighted by Crippen LogP contribution is 2.00. The minimum absolute atomic E-state index is 0.0181. The predicted molar refractivity (Wildman–Crippen MR) is 56.8 cm³/mol. The Labute approximate surface area is 86.1 Å². The Balaban J connectivity index is 2.73. The molecule has 0 aromatic carbocycles. The molecule has 0 bridgehead atoms. The third-order valence-electron chi connectivity index (χ3n) is 1.82. The fourth-order valence-electron chi connectivity index (χ4n) is 1.30. The van der Waals surface area contributed by atoms with Crippen molar-refractivity contribution in [2.75, 3.05) is 5.32 Å². The number of nitrogens with two attached hydrogens (primary N) is 1. The molecule has 2 unspecified atom stereocenters.